The number of para-hydroxylation sites is 1. The summed E-state index contributed by atoms with van der Waals surface area (Å²) in [5.74, 6) is -1.81. The summed E-state index contributed by atoms with van der Waals surface area (Å²) in [6, 6.07) is 7.96. The lowest BCUT2D eigenvalue weighted by Crippen LogP contribution is -2.14. The van der Waals surface area contributed by atoms with Gasteiger partial charge in [-0.15, -0.1) is 0 Å². The summed E-state index contributed by atoms with van der Waals surface area (Å²) in [4.78, 5) is 16.2. The standard InChI is InChI=1S/C15H10F2N2O2/c1-8-18-12-7-9(5-6-13(12)21-8)15(20)19-14-10(16)3-2-4-11(14)17/h2-7H,1H3,(H,19,20). The Hall–Kier alpha value is -2.76. The van der Waals surface area contributed by atoms with Gasteiger partial charge >= 0.3 is 0 Å². The van der Waals surface area contributed by atoms with E-state index in [1.54, 1.807) is 13.0 Å². The number of hydrogen-bond donors (Lipinski definition) is 1. The zero-order valence-electron chi connectivity index (χ0n) is 11.0. The number of carbonyl (C=O) groups excluding carboxylic acids is 1. The predicted molar refractivity (Wildman–Crippen MR) is 73.1 cm³/mol. The monoisotopic (exact) mass is 288 g/mol. The lowest BCUT2D eigenvalue weighted by Gasteiger charge is -2.07. The first kappa shape index (κ1) is 13.2. The first-order valence-corrected chi connectivity index (χ1v) is 6.17. The van der Waals surface area contributed by atoms with Crippen LogP contribution in [0.15, 0.2) is 40.8 Å². The van der Waals surface area contributed by atoms with Gasteiger partial charge in [-0.1, -0.05) is 6.07 Å². The van der Waals surface area contributed by atoms with Crippen molar-refractivity contribution in [3.8, 4) is 0 Å². The Balaban J connectivity index is 1.93. The largest absolute Gasteiger partial charge is 0.441 e. The summed E-state index contributed by atoms with van der Waals surface area (Å²) < 4.78 is 32.3. The molecule has 0 saturated carbocycles. The highest BCUT2D eigenvalue weighted by Crippen LogP contribution is 2.21. The Kier molecular flexibility index (Phi) is 3.13. The van der Waals surface area contributed by atoms with E-state index in [0.717, 1.165) is 12.1 Å². The molecular formula is C15H10F2N2O2. The summed E-state index contributed by atoms with van der Waals surface area (Å²) in [6.45, 7) is 1.69. The number of anilines is 1. The number of halogens is 2. The number of oxazole rings is 1. The fourth-order valence-corrected chi connectivity index (χ4v) is 1.99. The van der Waals surface area contributed by atoms with E-state index in [4.69, 9.17) is 4.42 Å². The van der Waals surface area contributed by atoms with Crippen molar-refractivity contribution in [2.75, 3.05) is 5.32 Å². The molecule has 1 N–H and O–H groups in total. The molecule has 1 aromatic heterocycles. The lowest BCUT2D eigenvalue weighted by atomic mass is 10.2. The van der Waals surface area contributed by atoms with Gasteiger partial charge in [0.15, 0.2) is 11.5 Å². The molecule has 0 aliphatic heterocycles. The summed E-state index contributed by atoms with van der Waals surface area (Å²) in [5, 5.41) is 2.22. The lowest BCUT2D eigenvalue weighted by molar-refractivity contribution is 0.102. The van der Waals surface area contributed by atoms with Crippen molar-refractivity contribution in [3.05, 3.63) is 59.5 Å². The molecule has 0 aliphatic rings. The Morgan fingerprint density at radius 2 is 1.90 bits per heavy atom. The van der Waals surface area contributed by atoms with Gasteiger partial charge in [-0.25, -0.2) is 13.8 Å². The SMILES string of the molecule is Cc1nc2cc(C(=O)Nc3c(F)cccc3F)ccc2o1. The van der Waals surface area contributed by atoms with Gasteiger partial charge in [-0.05, 0) is 30.3 Å². The van der Waals surface area contributed by atoms with Gasteiger partial charge in [0.05, 0.1) is 0 Å². The first-order valence-electron chi connectivity index (χ1n) is 6.17. The number of aromatic nitrogens is 1. The Labute approximate surface area is 118 Å². The van der Waals surface area contributed by atoms with Gasteiger partial charge in [0.1, 0.15) is 22.8 Å². The van der Waals surface area contributed by atoms with Crippen LogP contribution in [-0.2, 0) is 0 Å². The van der Waals surface area contributed by atoms with E-state index in [1.165, 1.54) is 18.2 Å². The molecule has 0 radical (unpaired) electrons. The molecule has 0 saturated heterocycles. The summed E-state index contributed by atoms with van der Waals surface area (Å²) in [7, 11) is 0. The molecule has 106 valence electrons. The third-order valence-electron chi connectivity index (χ3n) is 2.96. The second-order valence-corrected chi connectivity index (χ2v) is 4.47. The van der Waals surface area contributed by atoms with Crippen LogP contribution in [0, 0.1) is 18.6 Å². The van der Waals surface area contributed by atoms with Crippen molar-refractivity contribution in [1.82, 2.24) is 4.98 Å². The van der Waals surface area contributed by atoms with Crippen LogP contribution >= 0.6 is 0 Å². The summed E-state index contributed by atoms with van der Waals surface area (Å²) in [6.07, 6.45) is 0. The van der Waals surface area contributed by atoms with Crippen molar-refractivity contribution in [3.63, 3.8) is 0 Å². The highest BCUT2D eigenvalue weighted by molar-refractivity contribution is 6.05. The number of nitrogens with zero attached hydrogens (tertiary/aromatic N) is 1. The molecule has 0 fully saturated rings. The van der Waals surface area contributed by atoms with E-state index in [2.05, 4.69) is 10.3 Å². The Morgan fingerprint density at radius 3 is 2.62 bits per heavy atom. The van der Waals surface area contributed by atoms with Gasteiger partial charge in [0.25, 0.3) is 5.91 Å². The molecule has 3 rings (SSSR count). The highest BCUT2D eigenvalue weighted by atomic mass is 19.1. The minimum absolute atomic E-state index is 0.235. The van der Waals surface area contributed by atoms with Crippen molar-refractivity contribution < 1.29 is 18.0 Å². The van der Waals surface area contributed by atoms with Crippen LogP contribution < -0.4 is 5.32 Å². The van der Waals surface area contributed by atoms with Crippen LogP contribution in [0.1, 0.15) is 16.2 Å². The molecule has 3 aromatic rings. The van der Waals surface area contributed by atoms with E-state index in [9.17, 15) is 13.6 Å². The fraction of sp³-hybridized carbons (Fsp3) is 0.0667. The Bertz CT molecular complexity index is 823. The average molecular weight is 288 g/mol. The van der Waals surface area contributed by atoms with Crippen molar-refractivity contribution in [1.29, 1.82) is 0 Å². The maximum atomic E-state index is 13.5. The second-order valence-electron chi connectivity index (χ2n) is 4.47. The topological polar surface area (TPSA) is 55.1 Å². The van der Waals surface area contributed by atoms with Gasteiger partial charge in [-0.2, -0.15) is 0 Å². The number of amides is 1. The van der Waals surface area contributed by atoms with Crippen LogP contribution in [0.5, 0.6) is 0 Å². The van der Waals surface area contributed by atoms with Crippen molar-refractivity contribution >= 4 is 22.7 Å². The number of rotatable bonds is 2. The third-order valence-corrected chi connectivity index (χ3v) is 2.96. The molecule has 0 spiro atoms. The smallest absolute Gasteiger partial charge is 0.255 e. The van der Waals surface area contributed by atoms with E-state index in [0.29, 0.717) is 17.0 Å². The summed E-state index contributed by atoms with van der Waals surface area (Å²) >= 11 is 0. The quantitative estimate of drug-likeness (QED) is 0.782. The molecular weight excluding hydrogens is 278 g/mol. The van der Waals surface area contributed by atoms with Crippen molar-refractivity contribution in [2.45, 2.75) is 6.92 Å². The van der Waals surface area contributed by atoms with Crippen LogP contribution in [-0.4, -0.2) is 10.9 Å². The maximum absolute atomic E-state index is 13.5. The molecule has 21 heavy (non-hydrogen) atoms. The van der Waals surface area contributed by atoms with Crippen molar-refractivity contribution in [2.24, 2.45) is 0 Å². The predicted octanol–water partition coefficient (Wildman–Crippen LogP) is 3.67. The summed E-state index contributed by atoms with van der Waals surface area (Å²) in [5.41, 5.74) is 0.813. The zero-order chi connectivity index (χ0) is 15.0. The maximum Gasteiger partial charge on any atom is 0.255 e. The van der Waals surface area contributed by atoms with Gasteiger partial charge in [0.2, 0.25) is 0 Å². The average Bonchev–Trinajstić information content (AvgIpc) is 2.81. The Morgan fingerprint density at radius 1 is 1.19 bits per heavy atom. The minimum Gasteiger partial charge on any atom is -0.441 e. The van der Waals surface area contributed by atoms with Gasteiger partial charge < -0.3 is 9.73 Å². The second kappa shape index (κ2) is 4.97. The van der Waals surface area contributed by atoms with E-state index in [-0.39, 0.29) is 5.56 Å². The molecule has 0 unspecified atom stereocenters. The van der Waals surface area contributed by atoms with Crippen LogP contribution in [0.3, 0.4) is 0 Å². The van der Waals surface area contributed by atoms with E-state index in [1.807, 2.05) is 0 Å². The normalized spacial score (nSPS) is 10.8. The number of nitrogens with one attached hydrogen (secondary N) is 1. The minimum atomic E-state index is -0.832. The number of hydrogen-bond acceptors (Lipinski definition) is 3. The van der Waals surface area contributed by atoms with Crippen LogP contribution in [0.25, 0.3) is 11.1 Å². The molecule has 4 nitrogen and oxygen atoms in total. The molecule has 1 heterocycles. The highest BCUT2D eigenvalue weighted by Gasteiger charge is 2.14. The molecule has 0 atom stereocenters. The zero-order valence-corrected chi connectivity index (χ0v) is 11.0. The number of fused-ring (bicyclic) bond motifs is 1. The molecule has 0 aliphatic carbocycles. The number of carbonyl (C=O) groups is 1. The molecule has 6 heteroatoms. The molecule has 1 amide bonds. The van der Waals surface area contributed by atoms with Gasteiger partial charge in [0, 0.05) is 12.5 Å². The number of benzene rings is 2. The van der Waals surface area contributed by atoms with E-state index < -0.39 is 23.2 Å². The van der Waals surface area contributed by atoms with Crippen LogP contribution in [0.2, 0.25) is 0 Å². The fourth-order valence-electron chi connectivity index (χ4n) is 1.99. The molecule has 0 bridgehead atoms. The first-order chi connectivity index (χ1) is 10.0. The van der Waals surface area contributed by atoms with E-state index >= 15 is 0 Å². The third kappa shape index (κ3) is 2.47. The molecule has 2 aromatic carbocycles. The van der Waals surface area contributed by atoms with Gasteiger partial charge in [-0.3, -0.25) is 4.79 Å². The van der Waals surface area contributed by atoms with Crippen LogP contribution in [0.4, 0.5) is 14.5 Å². The number of aryl methyl sites for hydroxylation is 1.